The summed E-state index contributed by atoms with van der Waals surface area (Å²) in [4.78, 5) is 0.477. The van der Waals surface area contributed by atoms with Crippen LogP contribution in [0.4, 0.5) is 5.69 Å². The molecule has 98 valence electrons. The van der Waals surface area contributed by atoms with Crippen molar-refractivity contribution in [3.63, 3.8) is 0 Å². The third-order valence-electron chi connectivity index (χ3n) is 3.88. The van der Waals surface area contributed by atoms with E-state index in [-0.39, 0.29) is 0 Å². The van der Waals surface area contributed by atoms with E-state index in [0.717, 1.165) is 17.0 Å². The van der Waals surface area contributed by atoms with Gasteiger partial charge in [-0.1, -0.05) is 19.1 Å². The molecule has 0 bridgehead atoms. The predicted molar refractivity (Wildman–Crippen MR) is 82.1 cm³/mol. The van der Waals surface area contributed by atoms with E-state index < -0.39 is 0 Å². The smallest absolute Gasteiger partial charge is 0.104 e. The van der Waals surface area contributed by atoms with Crippen LogP contribution in [0.15, 0.2) is 18.2 Å². The molecule has 1 aromatic carbocycles. The average Bonchev–Trinajstić information content (AvgIpc) is 2.32. The van der Waals surface area contributed by atoms with Gasteiger partial charge in [0.1, 0.15) is 4.99 Å². The van der Waals surface area contributed by atoms with Crippen LogP contribution in [0.2, 0.25) is 0 Å². The molecule has 1 aliphatic rings. The molecule has 0 aliphatic heterocycles. The zero-order valence-corrected chi connectivity index (χ0v) is 12.0. The first kappa shape index (κ1) is 13.3. The van der Waals surface area contributed by atoms with Gasteiger partial charge in [-0.3, -0.25) is 0 Å². The number of hydrogen-bond donors (Lipinski definition) is 2. The molecular weight excluding hydrogens is 240 g/mol. The molecule has 0 heterocycles. The minimum Gasteiger partial charge on any atom is -0.389 e. The van der Waals surface area contributed by atoms with E-state index in [4.69, 9.17) is 18.0 Å². The Hall–Kier alpha value is -1.09. The van der Waals surface area contributed by atoms with E-state index >= 15 is 0 Å². The Morgan fingerprint density at radius 3 is 2.50 bits per heavy atom. The monoisotopic (exact) mass is 262 g/mol. The molecule has 0 amide bonds. The number of aryl methyl sites for hydroxylation is 1. The lowest BCUT2D eigenvalue weighted by Crippen LogP contribution is -2.25. The Balaban J connectivity index is 2.02. The van der Waals surface area contributed by atoms with Gasteiger partial charge in [-0.2, -0.15) is 0 Å². The van der Waals surface area contributed by atoms with Gasteiger partial charge < -0.3 is 11.1 Å². The highest BCUT2D eigenvalue weighted by Crippen LogP contribution is 2.26. The number of nitrogens with two attached hydrogens (primary N) is 1. The van der Waals surface area contributed by atoms with Crippen LogP contribution in [0.25, 0.3) is 0 Å². The van der Waals surface area contributed by atoms with Crippen LogP contribution < -0.4 is 11.1 Å². The number of anilines is 1. The molecule has 0 atom stereocenters. The van der Waals surface area contributed by atoms with Gasteiger partial charge in [0.2, 0.25) is 0 Å². The number of benzene rings is 1. The van der Waals surface area contributed by atoms with Gasteiger partial charge in [0.25, 0.3) is 0 Å². The number of thiocarbonyl (C=S) groups is 1. The highest BCUT2D eigenvalue weighted by Gasteiger charge is 2.17. The average molecular weight is 262 g/mol. The van der Waals surface area contributed by atoms with E-state index in [1.54, 1.807) is 0 Å². The molecule has 0 spiro atoms. The molecule has 1 fully saturated rings. The fraction of sp³-hybridized carbons (Fsp3) is 0.533. The summed E-state index contributed by atoms with van der Waals surface area (Å²) in [7, 11) is 0. The first-order valence-electron chi connectivity index (χ1n) is 6.73. The van der Waals surface area contributed by atoms with Gasteiger partial charge in [0.05, 0.1) is 0 Å². The van der Waals surface area contributed by atoms with Gasteiger partial charge in [0.15, 0.2) is 0 Å². The summed E-state index contributed by atoms with van der Waals surface area (Å²) in [6, 6.07) is 6.87. The Bertz CT molecular complexity index is 434. The van der Waals surface area contributed by atoms with Gasteiger partial charge in [-0.25, -0.2) is 0 Å². The molecule has 1 aromatic rings. The zero-order chi connectivity index (χ0) is 13.1. The van der Waals surface area contributed by atoms with Gasteiger partial charge in [-0.05, 0) is 62.3 Å². The van der Waals surface area contributed by atoms with E-state index in [2.05, 4.69) is 31.3 Å². The summed E-state index contributed by atoms with van der Waals surface area (Å²) in [6.45, 7) is 4.40. The van der Waals surface area contributed by atoms with Crippen molar-refractivity contribution in [1.82, 2.24) is 0 Å². The van der Waals surface area contributed by atoms with Crippen LogP contribution in [0.5, 0.6) is 0 Å². The molecular formula is C15H22N2S. The van der Waals surface area contributed by atoms with Gasteiger partial charge in [0, 0.05) is 17.3 Å². The topological polar surface area (TPSA) is 38.0 Å². The standard InChI is InChI=1S/C15H22N2S/c1-10-3-5-12(6-4-10)17-13-7-8-14(15(16)18)11(2)9-13/h7-10,12,17H,3-6H2,1-2H3,(H2,16,18). The second-order valence-corrected chi connectivity index (χ2v) is 5.93. The van der Waals surface area contributed by atoms with Crippen LogP contribution in [-0.4, -0.2) is 11.0 Å². The maximum atomic E-state index is 5.68. The summed E-state index contributed by atoms with van der Waals surface area (Å²) in [5.74, 6) is 0.891. The molecule has 1 aliphatic carbocycles. The Labute approximate surface area is 115 Å². The quantitative estimate of drug-likeness (QED) is 0.817. The molecule has 0 unspecified atom stereocenters. The normalized spacial score (nSPS) is 23.7. The fourth-order valence-corrected chi connectivity index (χ4v) is 2.90. The molecule has 1 saturated carbocycles. The second kappa shape index (κ2) is 5.70. The van der Waals surface area contributed by atoms with Crippen molar-refractivity contribution in [2.24, 2.45) is 11.7 Å². The van der Waals surface area contributed by atoms with Crippen molar-refractivity contribution in [3.8, 4) is 0 Å². The largest absolute Gasteiger partial charge is 0.389 e. The SMILES string of the molecule is Cc1cc(NC2CCC(C)CC2)ccc1C(N)=S. The van der Waals surface area contributed by atoms with Crippen molar-refractivity contribution >= 4 is 22.9 Å². The van der Waals surface area contributed by atoms with Crippen molar-refractivity contribution in [1.29, 1.82) is 0 Å². The highest BCUT2D eigenvalue weighted by molar-refractivity contribution is 7.80. The van der Waals surface area contributed by atoms with E-state index in [1.165, 1.54) is 31.4 Å². The van der Waals surface area contributed by atoms with E-state index in [1.807, 2.05) is 6.07 Å². The first-order valence-corrected chi connectivity index (χ1v) is 7.14. The third kappa shape index (κ3) is 3.22. The number of rotatable bonds is 3. The van der Waals surface area contributed by atoms with E-state index in [9.17, 15) is 0 Å². The zero-order valence-electron chi connectivity index (χ0n) is 11.2. The first-order chi connectivity index (χ1) is 8.56. The summed E-state index contributed by atoms with van der Waals surface area (Å²) < 4.78 is 0. The highest BCUT2D eigenvalue weighted by atomic mass is 32.1. The van der Waals surface area contributed by atoms with Gasteiger partial charge in [-0.15, -0.1) is 0 Å². The summed E-state index contributed by atoms with van der Waals surface area (Å²) in [6.07, 6.45) is 5.22. The third-order valence-corrected chi connectivity index (χ3v) is 4.10. The molecule has 0 saturated heterocycles. The number of hydrogen-bond acceptors (Lipinski definition) is 2. The van der Waals surface area contributed by atoms with Crippen LogP contribution in [0, 0.1) is 12.8 Å². The van der Waals surface area contributed by atoms with Crippen LogP contribution in [0.1, 0.15) is 43.7 Å². The second-order valence-electron chi connectivity index (χ2n) is 5.50. The summed E-state index contributed by atoms with van der Waals surface area (Å²) in [5.41, 5.74) is 8.99. The molecule has 2 nitrogen and oxygen atoms in total. The Morgan fingerprint density at radius 2 is 1.94 bits per heavy atom. The number of nitrogens with one attached hydrogen (secondary N) is 1. The van der Waals surface area contributed by atoms with Crippen molar-refractivity contribution < 1.29 is 0 Å². The predicted octanol–water partition coefficient (Wildman–Crippen LogP) is 3.62. The maximum absolute atomic E-state index is 5.68. The van der Waals surface area contributed by atoms with Crippen molar-refractivity contribution in [2.75, 3.05) is 5.32 Å². The van der Waals surface area contributed by atoms with Crippen LogP contribution in [-0.2, 0) is 0 Å². The summed E-state index contributed by atoms with van der Waals surface area (Å²) in [5, 5.41) is 3.62. The van der Waals surface area contributed by atoms with Crippen molar-refractivity contribution in [2.45, 2.75) is 45.6 Å². The minimum atomic E-state index is 0.477. The lowest BCUT2D eigenvalue weighted by Gasteiger charge is -2.28. The Kier molecular flexibility index (Phi) is 4.23. The van der Waals surface area contributed by atoms with Gasteiger partial charge >= 0.3 is 0 Å². The minimum absolute atomic E-state index is 0.477. The molecule has 18 heavy (non-hydrogen) atoms. The lowest BCUT2D eigenvalue weighted by molar-refractivity contribution is 0.361. The summed E-state index contributed by atoms with van der Waals surface area (Å²) >= 11 is 5.02. The maximum Gasteiger partial charge on any atom is 0.104 e. The van der Waals surface area contributed by atoms with Crippen LogP contribution >= 0.6 is 12.2 Å². The molecule has 2 rings (SSSR count). The van der Waals surface area contributed by atoms with E-state index in [0.29, 0.717) is 11.0 Å². The molecule has 3 N–H and O–H groups in total. The molecule has 0 aromatic heterocycles. The fourth-order valence-electron chi connectivity index (χ4n) is 2.67. The Morgan fingerprint density at radius 1 is 1.28 bits per heavy atom. The van der Waals surface area contributed by atoms with Crippen molar-refractivity contribution in [3.05, 3.63) is 29.3 Å². The lowest BCUT2D eigenvalue weighted by atomic mass is 9.87. The molecule has 0 radical (unpaired) electrons. The molecule has 3 heteroatoms. The van der Waals surface area contributed by atoms with Crippen LogP contribution in [0.3, 0.4) is 0 Å².